The van der Waals surface area contributed by atoms with Crippen LogP contribution in [0.2, 0.25) is 0 Å². The third-order valence-corrected chi connectivity index (χ3v) is 0.862. The molecule has 2 nitrogen and oxygen atoms in total. The fourth-order valence-corrected chi connectivity index (χ4v) is 0.467. The van der Waals surface area contributed by atoms with Crippen molar-refractivity contribution >= 4 is 5.97 Å². The average Bonchev–Trinajstić information content (AvgIpc) is 1.97. The highest BCUT2D eigenvalue weighted by molar-refractivity contribution is 5.82. The normalized spacial score (nSPS) is 18.3. The van der Waals surface area contributed by atoms with Crippen LogP contribution in [-0.2, 0) is 9.53 Å². The van der Waals surface area contributed by atoms with Gasteiger partial charge in [-0.3, -0.25) is 0 Å². The first kappa shape index (κ1) is 6.01. The molecule has 0 fully saturated rings. The largest absolute Gasteiger partial charge is 0.455 e. The number of halogens is 1. The van der Waals surface area contributed by atoms with Gasteiger partial charge < -0.3 is 4.74 Å². The third kappa shape index (κ3) is 1.68. The van der Waals surface area contributed by atoms with E-state index in [1.165, 1.54) is 18.2 Å². The molecule has 3 heteroatoms. The van der Waals surface area contributed by atoms with Gasteiger partial charge in [-0.25, -0.2) is 9.18 Å². The summed E-state index contributed by atoms with van der Waals surface area (Å²) in [6.07, 6.45) is 3.70. The molecule has 0 saturated heterocycles. The van der Waals surface area contributed by atoms with E-state index in [1.807, 2.05) is 0 Å². The molecule has 0 bridgehead atoms. The van der Waals surface area contributed by atoms with Crippen molar-refractivity contribution in [3.8, 4) is 0 Å². The molecule has 1 aliphatic heterocycles. The lowest BCUT2D eigenvalue weighted by molar-refractivity contribution is -0.137. The van der Waals surface area contributed by atoms with Crippen LogP contribution in [0.3, 0.4) is 0 Å². The molecule has 1 rings (SSSR count). The van der Waals surface area contributed by atoms with Gasteiger partial charge in [0.05, 0.1) is 0 Å². The minimum absolute atomic E-state index is 0.244. The van der Waals surface area contributed by atoms with Gasteiger partial charge in [0.1, 0.15) is 12.4 Å². The summed E-state index contributed by atoms with van der Waals surface area (Å²) in [6.45, 7) is -0.244. The molecule has 0 aromatic rings. The van der Waals surface area contributed by atoms with E-state index in [0.29, 0.717) is 0 Å². The smallest absolute Gasteiger partial charge is 0.331 e. The topological polar surface area (TPSA) is 26.3 Å². The van der Waals surface area contributed by atoms with Crippen molar-refractivity contribution in [2.24, 2.45) is 0 Å². The Labute approximate surface area is 51.6 Å². The second-order valence-corrected chi connectivity index (χ2v) is 1.58. The van der Waals surface area contributed by atoms with Gasteiger partial charge in [0, 0.05) is 6.08 Å². The van der Waals surface area contributed by atoms with Crippen LogP contribution >= 0.6 is 0 Å². The van der Waals surface area contributed by atoms with Crippen molar-refractivity contribution in [3.05, 3.63) is 24.1 Å². The average molecular weight is 128 g/mol. The van der Waals surface area contributed by atoms with Crippen LogP contribution in [0, 0.1) is 0 Å². The van der Waals surface area contributed by atoms with Gasteiger partial charge in [-0.2, -0.15) is 0 Å². The van der Waals surface area contributed by atoms with Crippen molar-refractivity contribution in [2.45, 2.75) is 0 Å². The van der Waals surface area contributed by atoms with Crippen LogP contribution in [0.5, 0.6) is 0 Å². The van der Waals surface area contributed by atoms with E-state index in [9.17, 15) is 9.18 Å². The number of rotatable bonds is 0. The molecule has 0 aromatic heterocycles. The Balaban J connectivity index is 2.65. The van der Waals surface area contributed by atoms with Crippen LogP contribution in [-0.4, -0.2) is 12.6 Å². The molecule has 0 aromatic carbocycles. The molecule has 0 saturated carbocycles. The summed E-state index contributed by atoms with van der Waals surface area (Å²) in [5.41, 5.74) is 0. The molecule has 0 aliphatic carbocycles. The predicted octanol–water partition coefficient (Wildman–Crippen LogP) is 0.953. The minimum atomic E-state index is -0.501. The van der Waals surface area contributed by atoms with Gasteiger partial charge in [0.15, 0.2) is 0 Å². The Hall–Kier alpha value is -1.12. The highest BCUT2D eigenvalue weighted by Crippen LogP contribution is 2.01. The summed E-state index contributed by atoms with van der Waals surface area (Å²) in [5.74, 6) is -0.934. The quantitative estimate of drug-likeness (QED) is 0.454. The van der Waals surface area contributed by atoms with Crippen molar-refractivity contribution in [2.75, 3.05) is 6.61 Å². The first-order chi connectivity index (χ1) is 4.29. The van der Waals surface area contributed by atoms with E-state index >= 15 is 0 Å². The van der Waals surface area contributed by atoms with E-state index in [4.69, 9.17) is 0 Å². The third-order valence-electron chi connectivity index (χ3n) is 0.862. The molecule has 1 aliphatic rings. The van der Waals surface area contributed by atoms with Crippen LogP contribution in [0.25, 0.3) is 0 Å². The number of ether oxygens (including phenoxy) is 1. The zero-order valence-electron chi connectivity index (χ0n) is 4.63. The lowest BCUT2D eigenvalue weighted by Gasteiger charge is -1.93. The van der Waals surface area contributed by atoms with Gasteiger partial charge in [0.2, 0.25) is 0 Å². The Morgan fingerprint density at radius 1 is 1.67 bits per heavy atom. The molecule has 0 atom stereocenters. The number of carbonyl (C=O) groups excluding carboxylic acids is 1. The first-order valence-corrected chi connectivity index (χ1v) is 2.48. The molecule has 0 radical (unpaired) electrons. The second kappa shape index (κ2) is 2.44. The van der Waals surface area contributed by atoms with Gasteiger partial charge in [-0.1, -0.05) is 6.08 Å². The van der Waals surface area contributed by atoms with E-state index < -0.39 is 11.8 Å². The number of carbonyl (C=O) groups is 1. The lowest BCUT2D eigenvalue weighted by Crippen LogP contribution is -1.99. The summed E-state index contributed by atoms with van der Waals surface area (Å²) >= 11 is 0. The molecular weight excluding hydrogens is 123 g/mol. The maximum Gasteiger partial charge on any atom is 0.331 e. The Morgan fingerprint density at radius 3 is 3.22 bits per heavy atom. The first-order valence-electron chi connectivity index (χ1n) is 2.48. The highest BCUT2D eigenvalue weighted by Gasteiger charge is 2.02. The zero-order chi connectivity index (χ0) is 6.69. The van der Waals surface area contributed by atoms with E-state index in [2.05, 4.69) is 4.74 Å². The second-order valence-electron chi connectivity index (χ2n) is 1.58. The molecule has 0 spiro atoms. The summed E-state index contributed by atoms with van der Waals surface area (Å²) in [4.78, 5) is 10.3. The fourth-order valence-electron chi connectivity index (χ4n) is 0.467. The number of esters is 1. The lowest BCUT2D eigenvalue weighted by atomic mass is 10.4. The molecule has 0 N–H and O–H groups in total. The van der Waals surface area contributed by atoms with Gasteiger partial charge >= 0.3 is 5.97 Å². The summed E-state index contributed by atoms with van der Waals surface area (Å²) < 4.78 is 16.5. The molecule has 48 valence electrons. The molecule has 0 amide bonds. The molecule has 9 heavy (non-hydrogen) atoms. The highest BCUT2D eigenvalue weighted by atomic mass is 19.1. The van der Waals surface area contributed by atoms with Crippen molar-refractivity contribution in [1.29, 1.82) is 0 Å². The molecule has 1 heterocycles. The summed E-state index contributed by atoms with van der Waals surface area (Å²) in [6, 6.07) is 0. The maximum atomic E-state index is 12.1. The Kier molecular flexibility index (Phi) is 1.63. The summed E-state index contributed by atoms with van der Waals surface area (Å²) in [5, 5.41) is 0. The van der Waals surface area contributed by atoms with Gasteiger partial charge in [-0.15, -0.1) is 0 Å². The van der Waals surface area contributed by atoms with Crippen LogP contribution < -0.4 is 0 Å². The van der Waals surface area contributed by atoms with Crippen molar-refractivity contribution < 1.29 is 13.9 Å². The Morgan fingerprint density at radius 2 is 2.44 bits per heavy atom. The SMILES string of the molecule is O=C1C=CC=C(F)CO1. The maximum absolute atomic E-state index is 12.1. The van der Waals surface area contributed by atoms with E-state index in [-0.39, 0.29) is 6.61 Å². The van der Waals surface area contributed by atoms with Crippen LogP contribution in [0.1, 0.15) is 0 Å². The van der Waals surface area contributed by atoms with Crippen molar-refractivity contribution in [1.82, 2.24) is 0 Å². The Bertz CT molecular complexity index is 181. The van der Waals surface area contributed by atoms with Crippen molar-refractivity contribution in [3.63, 3.8) is 0 Å². The monoisotopic (exact) mass is 128 g/mol. The fraction of sp³-hybridized carbons (Fsp3) is 0.167. The summed E-state index contributed by atoms with van der Waals surface area (Å²) in [7, 11) is 0. The molecular formula is C6H5FO2. The standard InChI is InChI=1S/C6H5FO2/c7-5-2-1-3-6(8)9-4-5/h1-3H,4H2. The number of hydrogen-bond acceptors (Lipinski definition) is 2. The predicted molar refractivity (Wildman–Crippen MR) is 29.3 cm³/mol. The minimum Gasteiger partial charge on any atom is -0.455 e. The number of hydrogen-bond donors (Lipinski definition) is 0. The zero-order valence-corrected chi connectivity index (χ0v) is 4.63. The van der Waals surface area contributed by atoms with Gasteiger partial charge in [0.25, 0.3) is 0 Å². The number of cyclic esters (lactones) is 1. The van der Waals surface area contributed by atoms with E-state index in [0.717, 1.165) is 0 Å². The van der Waals surface area contributed by atoms with Crippen LogP contribution in [0.15, 0.2) is 24.1 Å². The van der Waals surface area contributed by atoms with Crippen LogP contribution in [0.4, 0.5) is 4.39 Å². The molecule has 0 unspecified atom stereocenters. The number of allylic oxidation sites excluding steroid dienone is 2. The van der Waals surface area contributed by atoms with E-state index in [1.54, 1.807) is 0 Å². The van der Waals surface area contributed by atoms with Gasteiger partial charge in [-0.05, 0) is 6.08 Å².